The van der Waals surface area contributed by atoms with Crippen molar-refractivity contribution in [3.05, 3.63) is 51.4 Å². The van der Waals surface area contributed by atoms with Gasteiger partial charge in [-0.3, -0.25) is 0 Å². The van der Waals surface area contributed by atoms with Crippen molar-refractivity contribution in [2.75, 3.05) is 7.11 Å². The molecule has 3 aromatic rings. The molecule has 138 valence electrons. The molecule has 10 heteroatoms. The molecule has 0 unspecified atom stereocenters. The molecule has 0 aliphatic rings. The third-order valence-electron chi connectivity index (χ3n) is 3.79. The number of ether oxygens (including phenoxy) is 1. The molecule has 2 aromatic heterocycles. The van der Waals surface area contributed by atoms with Crippen LogP contribution in [0.2, 0.25) is 0 Å². The fourth-order valence-corrected chi connectivity index (χ4v) is 4.91. The van der Waals surface area contributed by atoms with Gasteiger partial charge in [0.1, 0.15) is 5.52 Å². The SMILES string of the molecule is COc1ncc(C(F)(F)F)c2c(I)cn(S(=O)(=O)c3ccc(C)cc3)c12. The number of hydrogen-bond donors (Lipinski definition) is 0. The molecule has 0 fully saturated rings. The van der Waals surface area contributed by atoms with Crippen molar-refractivity contribution in [1.82, 2.24) is 8.96 Å². The van der Waals surface area contributed by atoms with E-state index in [9.17, 15) is 21.6 Å². The number of nitrogens with zero attached hydrogens (tertiary/aromatic N) is 2. The Morgan fingerprint density at radius 2 is 1.81 bits per heavy atom. The summed E-state index contributed by atoms with van der Waals surface area (Å²) < 4.78 is 72.0. The van der Waals surface area contributed by atoms with Gasteiger partial charge in [0, 0.05) is 21.4 Å². The van der Waals surface area contributed by atoms with Crippen LogP contribution >= 0.6 is 22.6 Å². The second-order valence-corrected chi connectivity index (χ2v) is 8.47. The van der Waals surface area contributed by atoms with Crippen LogP contribution in [0.1, 0.15) is 11.1 Å². The molecule has 0 N–H and O–H groups in total. The lowest BCUT2D eigenvalue weighted by Crippen LogP contribution is -2.13. The minimum absolute atomic E-state index is 0.0455. The zero-order valence-corrected chi connectivity index (χ0v) is 16.5. The molecule has 0 bridgehead atoms. The highest BCUT2D eigenvalue weighted by Gasteiger charge is 2.37. The maximum Gasteiger partial charge on any atom is 0.418 e. The highest BCUT2D eigenvalue weighted by molar-refractivity contribution is 14.1. The molecular formula is C16H12F3IN2O3S. The Hall–Kier alpha value is -1.82. The molecule has 0 saturated heterocycles. The zero-order chi connectivity index (χ0) is 19.3. The molecule has 5 nitrogen and oxygen atoms in total. The first kappa shape index (κ1) is 19.0. The van der Waals surface area contributed by atoms with Gasteiger partial charge in [-0.05, 0) is 41.6 Å². The fraction of sp³-hybridized carbons (Fsp3) is 0.188. The summed E-state index contributed by atoms with van der Waals surface area (Å²) in [5.74, 6) is -0.202. The van der Waals surface area contributed by atoms with E-state index in [2.05, 4.69) is 4.98 Å². The maximum absolute atomic E-state index is 13.4. The van der Waals surface area contributed by atoms with Crippen LogP contribution in [0.3, 0.4) is 0 Å². The number of benzene rings is 1. The van der Waals surface area contributed by atoms with Gasteiger partial charge in [0.15, 0.2) is 0 Å². The van der Waals surface area contributed by atoms with Gasteiger partial charge in [-0.2, -0.15) is 13.2 Å². The van der Waals surface area contributed by atoms with Crippen molar-refractivity contribution in [1.29, 1.82) is 0 Å². The van der Waals surface area contributed by atoms with Crippen molar-refractivity contribution in [3.8, 4) is 5.88 Å². The standard InChI is InChI=1S/C16H12F3IN2O3S/c1-9-3-5-10(6-4-9)26(23,24)22-8-12(20)13-11(16(17,18)19)7-21-15(25-2)14(13)22/h3-8H,1-2H3. The van der Waals surface area contributed by atoms with Gasteiger partial charge in [-0.15, -0.1) is 0 Å². The summed E-state index contributed by atoms with van der Waals surface area (Å²) in [6, 6.07) is 6.02. The third kappa shape index (κ3) is 3.04. The van der Waals surface area contributed by atoms with Gasteiger partial charge in [-0.25, -0.2) is 17.4 Å². The van der Waals surface area contributed by atoms with E-state index in [1.165, 1.54) is 19.2 Å². The van der Waals surface area contributed by atoms with Crippen molar-refractivity contribution in [2.24, 2.45) is 0 Å². The molecule has 0 atom stereocenters. The number of pyridine rings is 1. The van der Waals surface area contributed by atoms with Crippen LogP contribution in [-0.2, 0) is 16.2 Å². The van der Waals surface area contributed by atoms with Crippen molar-refractivity contribution in [3.63, 3.8) is 0 Å². The van der Waals surface area contributed by atoms with Crippen molar-refractivity contribution in [2.45, 2.75) is 18.0 Å². The first-order valence-electron chi connectivity index (χ1n) is 7.20. The van der Waals surface area contributed by atoms with Crippen LogP contribution in [0.5, 0.6) is 5.88 Å². The Balaban J connectivity index is 2.39. The quantitative estimate of drug-likeness (QED) is 0.510. The van der Waals surface area contributed by atoms with E-state index < -0.39 is 21.8 Å². The molecule has 26 heavy (non-hydrogen) atoms. The minimum Gasteiger partial charge on any atom is -0.479 e. The van der Waals surface area contributed by atoms with Gasteiger partial charge >= 0.3 is 6.18 Å². The van der Waals surface area contributed by atoms with E-state index in [1.807, 2.05) is 0 Å². The molecule has 0 saturated carbocycles. The van der Waals surface area contributed by atoms with Gasteiger partial charge < -0.3 is 4.74 Å². The average molecular weight is 496 g/mol. The van der Waals surface area contributed by atoms with Gasteiger partial charge in [0.2, 0.25) is 5.88 Å². The number of rotatable bonds is 3. The van der Waals surface area contributed by atoms with E-state index in [-0.39, 0.29) is 25.2 Å². The summed E-state index contributed by atoms with van der Waals surface area (Å²) >= 11 is 1.67. The van der Waals surface area contributed by atoms with Crippen LogP contribution in [0.15, 0.2) is 41.6 Å². The fourth-order valence-electron chi connectivity index (χ4n) is 2.54. The van der Waals surface area contributed by atoms with Crippen molar-refractivity contribution >= 4 is 43.5 Å². The first-order chi connectivity index (χ1) is 12.1. The summed E-state index contributed by atoms with van der Waals surface area (Å²) in [5.41, 5.74) is -0.405. The second kappa shape index (κ2) is 6.41. The summed E-state index contributed by atoms with van der Waals surface area (Å²) in [6.07, 6.45) is -2.90. The van der Waals surface area contributed by atoms with E-state index in [1.54, 1.807) is 41.6 Å². The predicted molar refractivity (Wildman–Crippen MR) is 97.8 cm³/mol. The lowest BCUT2D eigenvalue weighted by atomic mass is 10.2. The number of fused-ring (bicyclic) bond motifs is 1. The third-order valence-corrected chi connectivity index (χ3v) is 6.28. The van der Waals surface area contributed by atoms with Gasteiger partial charge in [0.25, 0.3) is 10.0 Å². The number of methoxy groups -OCH3 is 1. The van der Waals surface area contributed by atoms with Crippen molar-refractivity contribution < 1.29 is 26.3 Å². The Labute approximate surface area is 161 Å². The number of hydrogen-bond acceptors (Lipinski definition) is 4. The van der Waals surface area contributed by atoms with Crippen LogP contribution in [-0.4, -0.2) is 24.5 Å². The number of alkyl halides is 3. The van der Waals surface area contributed by atoms with Crippen LogP contribution in [0, 0.1) is 10.5 Å². The van der Waals surface area contributed by atoms with E-state index >= 15 is 0 Å². The topological polar surface area (TPSA) is 61.2 Å². The van der Waals surface area contributed by atoms with Crippen LogP contribution in [0.25, 0.3) is 10.9 Å². The molecule has 0 spiro atoms. The molecule has 0 amide bonds. The minimum atomic E-state index is -4.68. The van der Waals surface area contributed by atoms with E-state index in [0.29, 0.717) is 6.20 Å². The number of aryl methyl sites for hydroxylation is 1. The second-order valence-electron chi connectivity index (χ2n) is 5.49. The summed E-state index contributed by atoms with van der Waals surface area (Å²) in [6.45, 7) is 1.80. The molecule has 0 aliphatic heterocycles. The maximum atomic E-state index is 13.4. The highest BCUT2D eigenvalue weighted by atomic mass is 127. The predicted octanol–water partition coefficient (Wildman–Crippen LogP) is 4.21. The summed E-state index contributed by atoms with van der Waals surface area (Å²) in [4.78, 5) is 3.61. The molecule has 0 aliphatic carbocycles. The Kier molecular flexibility index (Phi) is 4.67. The lowest BCUT2D eigenvalue weighted by Gasteiger charge is -2.12. The van der Waals surface area contributed by atoms with Crippen LogP contribution < -0.4 is 4.74 Å². The van der Waals surface area contributed by atoms with E-state index in [0.717, 1.165) is 15.7 Å². The number of halogens is 4. The smallest absolute Gasteiger partial charge is 0.418 e. The molecule has 2 heterocycles. The molecule has 0 radical (unpaired) electrons. The van der Waals surface area contributed by atoms with Crippen LogP contribution in [0.4, 0.5) is 13.2 Å². The average Bonchev–Trinajstić information content (AvgIpc) is 2.92. The first-order valence-corrected chi connectivity index (χ1v) is 9.72. The monoisotopic (exact) mass is 496 g/mol. The Bertz CT molecular complexity index is 1090. The Morgan fingerprint density at radius 1 is 1.19 bits per heavy atom. The van der Waals surface area contributed by atoms with E-state index in [4.69, 9.17) is 4.74 Å². The summed E-state index contributed by atoms with van der Waals surface area (Å²) in [7, 11) is -2.91. The Morgan fingerprint density at radius 3 is 2.35 bits per heavy atom. The largest absolute Gasteiger partial charge is 0.479 e. The molecule has 1 aromatic carbocycles. The summed E-state index contributed by atoms with van der Waals surface area (Å²) in [5, 5.41) is -0.263. The van der Waals surface area contributed by atoms with Gasteiger partial charge in [0.05, 0.1) is 17.6 Å². The normalized spacial score (nSPS) is 12.5. The number of aromatic nitrogens is 2. The molecule has 3 rings (SSSR count). The van der Waals surface area contributed by atoms with Gasteiger partial charge in [-0.1, -0.05) is 17.7 Å². The molecular weight excluding hydrogens is 484 g/mol. The zero-order valence-electron chi connectivity index (χ0n) is 13.5. The lowest BCUT2D eigenvalue weighted by molar-refractivity contribution is -0.136. The highest BCUT2D eigenvalue weighted by Crippen LogP contribution is 2.41.